The minimum atomic E-state index is -0.605. The van der Waals surface area contributed by atoms with Gasteiger partial charge in [0.25, 0.3) is 5.56 Å². The van der Waals surface area contributed by atoms with Gasteiger partial charge in [-0.1, -0.05) is 60.7 Å². The van der Waals surface area contributed by atoms with Gasteiger partial charge in [-0.3, -0.25) is 14.2 Å². The molecule has 2 aromatic carbocycles. The molecule has 0 aliphatic carbocycles. The first-order chi connectivity index (χ1) is 14.6. The molecule has 0 saturated carbocycles. The van der Waals surface area contributed by atoms with Gasteiger partial charge in [-0.2, -0.15) is 5.10 Å². The van der Waals surface area contributed by atoms with Crippen molar-refractivity contribution in [2.24, 2.45) is 0 Å². The van der Waals surface area contributed by atoms with Crippen molar-refractivity contribution in [3.05, 3.63) is 100 Å². The second kappa shape index (κ2) is 8.16. The Morgan fingerprint density at radius 2 is 1.63 bits per heavy atom. The Kier molecular flexibility index (Phi) is 5.26. The molecule has 0 unspecified atom stereocenters. The van der Waals surface area contributed by atoms with Crippen molar-refractivity contribution in [1.29, 1.82) is 0 Å². The van der Waals surface area contributed by atoms with Crippen LogP contribution in [-0.4, -0.2) is 30.2 Å². The number of nitrogens with zero attached hydrogens (tertiary/aromatic N) is 4. The predicted molar refractivity (Wildman–Crippen MR) is 112 cm³/mol. The lowest BCUT2D eigenvalue weighted by molar-refractivity contribution is 0.103. The van der Waals surface area contributed by atoms with E-state index in [9.17, 15) is 14.7 Å². The molecule has 0 atom stereocenters. The lowest BCUT2D eigenvalue weighted by atomic mass is 10.1. The zero-order valence-electron chi connectivity index (χ0n) is 16.4. The van der Waals surface area contributed by atoms with Gasteiger partial charge in [0.15, 0.2) is 0 Å². The van der Waals surface area contributed by atoms with Crippen LogP contribution in [0.15, 0.2) is 77.9 Å². The number of aromatic hydroxyl groups is 1. The number of carbonyl (C=O) groups excluding carboxylic acids is 1. The van der Waals surface area contributed by atoms with Gasteiger partial charge in [-0.25, -0.2) is 9.67 Å². The summed E-state index contributed by atoms with van der Waals surface area (Å²) in [5.41, 5.74) is 1.07. The zero-order valence-corrected chi connectivity index (χ0v) is 16.4. The summed E-state index contributed by atoms with van der Waals surface area (Å²) in [5.74, 6) is -0.399. The molecule has 0 bridgehead atoms. The summed E-state index contributed by atoms with van der Waals surface area (Å²) in [7, 11) is 0. The van der Waals surface area contributed by atoms with Crippen LogP contribution in [0.25, 0.3) is 11.4 Å². The molecule has 2 aromatic heterocycles. The highest BCUT2D eigenvalue weighted by Crippen LogP contribution is 2.21. The monoisotopic (exact) mass is 400 g/mol. The second-order valence-electron chi connectivity index (χ2n) is 6.77. The van der Waals surface area contributed by atoms with E-state index < -0.39 is 11.3 Å². The van der Waals surface area contributed by atoms with Crippen LogP contribution in [0.5, 0.6) is 5.88 Å². The Balaban J connectivity index is 1.85. The number of hydrogen-bond donors (Lipinski definition) is 1. The normalized spacial score (nSPS) is 10.8. The highest BCUT2D eigenvalue weighted by Gasteiger charge is 2.23. The number of aromatic nitrogens is 4. The summed E-state index contributed by atoms with van der Waals surface area (Å²) in [6.07, 6.45) is 2.55. The smallest absolute Gasteiger partial charge is 0.265 e. The van der Waals surface area contributed by atoms with Gasteiger partial charge >= 0.3 is 0 Å². The fourth-order valence-electron chi connectivity index (χ4n) is 3.29. The van der Waals surface area contributed by atoms with Crippen LogP contribution in [0, 0.1) is 0 Å². The van der Waals surface area contributed by atoms with E-state index in [2.05, 4.69) is 10.1 Å². The van der Waals surface area contributed by atoms with Gasteiger partial charge in [0.05, 0.1) is 12.7 Å². The predicted octanol–water partition coefficient (Wildman–Crippen LogP) is 3.11. The van der Waals surface area contributed by atoms with E-state index in [0.717, 1.165) is 11.1 Å². The third-order valence-corrected chi connectivity index (χ3v) is 4.86. The van der Waals surface area contributed by atoms with Crippen LogP contribution >= 0.6 is 0 Å². The SMILES string of the molecule is CCn1ncc(C(=O)c2cnc(-c3ccccc3)n(Cc3ccccc3)c2=O)c1O. The standard InChI is InChI=1S/C23H20N4O3/c1-2-27-23(30)19(14-25-27)20(28)18-13-24-21(17-11-7-4-8-12-17)26(22(18)29)15-16-9-5-3-6-10-16/h3-14,30H,2,15H2,1H3. The first kappa shape index (κ1) is 19.3. The number of ketones is 1. The summed E-state index contributed by atoms with van der Waals surface area (Å²) in [6, 6.07) is 18.8. The molecule has 30 heavy (non-hydrogen) atoms. The lowest BCUT2D eigenvalue weighted by Gasteiger charge is -2.14. The van der Waals surface area contributed by atoms with Gasteiger partial charge in [0.2, 0.25) is 11.7 Å². The Hall–Kier alpha value is -4.00. The lowest BCUT2D eigenvalue weighted by Crippen LogP contribution is -2.29. The second-order valence-corrected chi connectivity index (χ2v) is 6.77. The minimum absolute atomic E-state index is 0.0190. The molecular weight excluding hydrogens is 380 g/mol. The van der Waals surface area contributed by atoms with E-state index >= 15 is 0 Å². The maximum Gasteiger partial charge on any atom is 0.265 e. The summed E-state index contributed by atoms with van der Waals surface area (Å²) in [4.78, 5) is 30.8. The van der Waals surface area contributed by atoms with Crippen LogP contribution in [0.4, 0.5) is 0 Å². The fourth-order valence-corrected chi connectivity index (χ4v) is 3.29. The largest absolute Gasteiger partial charge is 0.493 e. The molecule has 0 fully saturated rings. The summed E-state index contributed by atoms with van der Waals surface area (Å²) < 4.78 is 2.78. The molecule has 2 heterocycles. The van der Waals surface area contributed by atoms with E-state index in [1.54, 1.807) is 6.92 Å². The molecule has 0 radical (unpaired) electrons. The van der Waals surface area contributed by atoms with Crippen LogP contribution in [-0.2, 0) is 13.1 Å². The molecule has 0 aliphatic heterocycles. The maximum atomic E-state index is 13.4. The zero-order chi connectivity index (χ0) is 21.1. The Bertz CT molecular complexity index is 1240. The molecule has 7 heteroatoms. The molecule has 4 aromatic rings. The van der Waals surface area contributed by atoms with Crippen LogP contribution in [0.2, 0.25) is 0 Å². The Labute approximate surface area is 172 Å². The summed E-state index contributed by atoms with van der Waals surface area (Å²) in [6.45, 7) is 2.46. The van der Waals surface area contributed by atoms with E-state index in [-0.39, 0.29) is 23.6 Å². The Morgan fingerprint density at radius 3 is 2.27 bits per heavy atom. The van der Waals surface area contributed by atoms with Crippen molar-refractivity contribution in [1.82, 2.24) is 19.3 Å². The van der Waals surface area contributed by atoms with Gasteiger partial charge in [0, 0.05) is 18.3 Å². The fraction of sp³-hybridized carbons (Fsp3) is 0.130. The number of carbonyl (C=O) groups is 1. The molecule has 7 nitrogen and oxygen atoms in total. The highest BCUT2D eigenvalue weighted by molar-refractivity contribution is 6.10. The molecule has 0 amide bonds. The Morgan fingerprint density at radius 1 is 0.967 bits per heavy atom. The highest BCUT2D eigenvalue weighted by atomic mass is 16.3. The van der Waals surface area contributed by atoms with Gasteiger partial charge in [-0.05, 0) is 12.5 Å². The molecule has 150 valence electrons. The maximum absolute atomic E-state index is 13.4. The average molecular weight is 400 g/mol. The molecule has 1 N–H and O–H groups in total. The van der Waals surface area contributed by atoms with Crippen LogP contribution in [0.1, 0.15) is 28.4 Å². The minimum Gasteiger partial charge on any atom is -0.493 e. The molecule has 0 saturated heterocycles. The quantitative estimate of drug-likeness (QED) is 0.502. The molecular formula is C23H20N4O3. The van der Waals surface area contributed by atoms with E-state index in [4.69, 9.17) is 0 Å². The summed E-state index contributed by atoms with van der Waals surface area (Å²) in [5, 5.41) is 14.2. The van der Waals surface area contributed by atoms with Crippen molar-refractivity contribution in [3.8, 4) is 17.3 Å². The molecule has 4 rings (SSSR count). The molecule has 0 aliphatic rings. The van der Waals surface area contributed by atoms with E-state index in [0.29, 0.717) is 12.4 Å². The van der Waals surface area contributed by atoms with Crippen molar-refractivity contribution in [3.63, 3.8) is 0 Å². The van der Waals surface area contributed by atoms with Crippen LogP contribution in [0.3, 0.4) is 0 Å². The first-order valence-electron chi connectivity index (χ1n) is 9.58. The van der Waals surface area contributed by atoms with Crippen molar-refractivity contribution in [2.45, 2.75) is 20.0 Å². The number of rotatable bonds is 6. The third kappa shape index (κ3) is 3.53. The topological polar surface area (TPSA) is 90.0 Å². The average Bonchev–Trinajstić information content (AvgIpc) is 3.16. The van der Waals surface area contributed by atoms with Crippen molar-refractivity contribution < 1.29 is 9.90 Å². The van der Waals surface area contributed by atoms with Crippen LogP contribution < -0.4 is 5.56 Å². The van der Waals surface area contributed by atoms with Gasteiger partial charge < -0.3 is 5.11 Å². The van der Waals surface area contributed by atoms with E-state index in [1.807, 2.05) is 60.7 Å². The number of benzene rings is 2. The van der Waals surface area contributed by atoms with Crippen molar-refractivity contribution in [2.75, 3.05) is 0 Å². The first-order valence-corrected chi connectivity index (χ1v) is 9.58. The van der Waals surface area contributed by atoms with E-state index in [1.165, 1.54) is 21.6 Å². The van der Waals surface area contributed by atoms with Gasteiger partial charge in [-0.15, -0.1) is 0 Å². The van der Waals surface area contributed by atoms with Crippen molar-refractivity contribution >= 4 is 5.78 Å². The molecule has 0 spiro atoms. The van der Waals surface area contributed by atoms with Gasteiger partial charge in [0.1, 0.15) is 17.0 Å². The summed E-state index contributed by atoms with van der Waals surface area (Å²) >= 11 is 0. The number of aryl methyl sites for hydroxylation is 1. The third-order valence-electron chi connectivity index (χ3n) is 4.86. The number of hydrogen-bond acceptors (Lipinski definition) is 5.